The van der Waals surface area contributed by atoms with Crippen molar-refractivity contribution < 1.29 is 4.79 Å². The zero-order chi connectivity index (χ0) is 20.4. The molecule has 4 fully saturated rings. The minimum Gasteiger partial charge on any atom is -0.342 e. The van der Waals surface area contributed by atoms with Gasteiger partial charge in [0.1, 0.15) is 0 Å². The second-order valence-corrected chi connectivity index (χ2v) is 11.6. The van der Waals surface area contributed by atoms with E-state index in [2.05, 4.69) is 63.1 Å². The number of benzene rings is 1. The summed E-state index contributed by atoms with van der Waals surface area (Å²) in [5, 5.41) is 0. The van der Waals surface area contributed by atoms with Gasteiger partial charge in [0.25, 0.3) is 0 Å². The minimum absolute atomic E-state index is 0.250. The summed E-state index contributed by atoms with van der Waals surface area (Å²) >= 11 is 0. The van der Waals surface area contributed by atoms with Crippen LogP contribution in [0.15, 0.2) is 30.3 Å². The first kappa shape index (κ1) is 19.6. The number of fused-ring (bicyclic) bond motifs is 5. The van der Waals surface area contributed by atoms with Crippen molar-refractivity contribution in [2.75, 3.05) is 7.05 Å². The van der Waals surface area contributed by atoms with E-state index < -0.39 is 0 Å². The Morgan fingerprint density at radius 3 is 2.59 bits per heavy atom. The fraction of sp³-hybridized carbons (Fsp3) is 0.741. The summed E-state index contributed by atoms with van der Waals surface area (Å²) in [5.74, 6) is 4.14. The molecule has 2 nitrogen and oxygen atoms in total. The lowest BCUT2D eigenvalue weighted by Gasteiger charge is -2.65. The summed E-state index contributed by atoms with van der Waals surface area (Å²) in [5.41, 5.74) is 2.25. The molecular weight excluding hydrogens is 354 g/mol. The molecule has 4 aliphatic rings. The summed E-state index contributed by atoms with van der Waals surface area (Å²) in [4.78, 5) is 15.2. The number of hydrogen-bond acceptors (Lipinski definition) is 1. The number of amides is 1. The maximum Gasteiger partial charge on any atom is 0.222 e. The molecule has 3 unspecified atom stereocenters. The van der Waals surface area contributed by atoms with E-state index in [0.29, 0.717) is 23.3 Å². The summed E-state index contributed by atoms with van der Waals surface area (Å²) in [7, 11) is 2.10. The first-order valence-corrected chi connectivity index (χ1v) is 12.1. The molecule has 1 aliphatic heterocycles. The Balaban J connectivity index is 1.54. The number of piperidine rings is 1. The maximum absolute atomic E-state index is 13.0. The summed E-state index contributed by atoms with van der Waals surface area (Å²) < 4.78 is 0. The third kappa shape index (κ3) is 2.84. The SMILES string of the molecule is CC1CC2N(C)C(=O)CC(Cc3ccccc3)[C@]2(C)[C@@H]2CC[C@]3(C)CCC[C@H]3[C@H]12. The van der Waals surface area contributed by atoms with Crippen molar-refractivity contribution in [3.8, 4) is 0 Å². The van der Waals surface area contributed by atoms with Crippen LogP contribution in [-0.4, -0.2) is 23.9 Å². The van der Waals surface area contributed by atoms with Crippen molar-refractivity contribution in [1.29, 1.82) is 0 Å². The van der Waals surface area contributed by atoms with Gasteiger partial charge in [0.2, 0.25) is 5.91 Å². The fourth-order valence-corrected chi connectivity index (χ4v) is 8.80. The zero-order valence-electron chi connectivity index (χ0n) is 18.9. The Labute approximate surface area is 177 Å². The highest BCUT2D eigenvalue weighted by atomic mass is 16.2. The largest absolute Gasteiger partial charge is 0.342 e. The molecule has 5 rings (SSSR count). The number of carbonyl (C=O) groups excluding carboxylic acids is 1. The van der Waals surface area contributed by atoms with Crippen LogP contribution in [0.4, 0.5) is 0 Å². The van der Waals surface area contributed by atoms with E-state index in [-0.39, 0.29) is 5.41 Å². The van der Waals surface area contributed by atoms with Gasteiger partial charge in [0, 0.05) is 19.5 Å². The van der Waals surface area contributed by atoms with Crippen molar-refractivity contribution in [2.45, 2.75) is 78.2 Å². The molecule has 158 valence electrons. The van der Waals surface area contributed by atoms with Gasteiger partial charge in [-0.1, -0.05) is 57.5 Å². The molecule has 2 heteroatoms. The van der Waals surface area contributed by atoms with E-state index in [0.717, 1.165) is 36.5 Å². The van der Waals surface area contributed by atoms with Gasteiger partial charge in [-0.25, -0.2) is 0 Å². The lowest BCUT2D eigenvalue weighted by atomic mass is 9.43. The molecule has 0 N–H and O–H groups in total. The minimum atomic E-state index is 0.250. The summed E-state index contributed by atoms with van der Waals surface area (Å²) in [6.07, 6.45) is 10.1. The number of likely N-dealkylation sites (tertiary alicyclic amines) is 1. The average molecular weight is 394 g/mol. The van der Waals surface area contributed by atoms with Gasteiger partial charge in [-0.05, 0) is 84.5 Å². The molecule has 1 aromatic carbocycles. The van der Waals surface area contributed by atoms with Crippen LogP contribution in [0.5, 0.6) is 0 Å². The van der Waals surface area contributed by atoms with Crippen LogP contribution in [0.3, 0.4) is 0 Å². The molecule has 1 aromatic rings. The number of carbonyl (C=O) groups is 1. The highest BCUT2D eigenvalue weighted by Gasteiger charge is 2.63. The van der Waals surface area contributed by atoms with Crippen LogP contribution in [0, 0.1) is 40.4 Å². The van der Waals surface area contributed by atoms with Crippen molar-refractivity contribution in [1.82, 2.24) is 4.90 Å². The molecule has 0 bridgehead atoms. The van der Waals surface area contributed by atoms with E-state index in [9.17, 15) is 4.79 Å². The second-order valence-electron chi connectivity index (χ2n) is 11.6. The summed E-state index contributed by atoms with van der Waals surface area (Å²) in [6.45, 7) is 7.70. The highest BCUT2D eigenvalue weighted by Crippen LogP contribution is 2.67. The fourth-order valence-electron chi connectivity index (χ4n) is 8.80. The van der Waals surface area contributed by atoms with Crippen LogP contribution >= 0.6 is 0 Å². The third-order valence-electron chi connectivity index (χ3n) is 10.4. The normalized spacial score (nSPS) is 46.8. The molecule has 29 heavy (non-hydrogen) atoms. The van der Waals surface area contributed by atoms with Crippen molar-refractivity contribution >= 4 is 5.91 Å². The van der Waals surface area contributed by atoms with E-state index >= 15 is 0 Å². The Kier molecular flexibility index (Phi) is 4.64. The number of nitrogens with zero attached hydrogens (tertiary/aromatic N) is 1. The molecule has 1 amide bonds. The topological polar surface area (TPSA) is 20.3 Å². The summed E-state index contributed by atoms with van der Waals surface area (Å²) in [6, 6.07) is 11.4. The lowest BCUT2D eigenvalue weighted by molar-refractivity contribution is -0.179. The maximum atomic E-state index is 13.0. The Hall–Kier alpha value is -1.31. The number of rotatable bonds is 2. The predicted molar refractivity (Wildman–Crippen MR) is 118 cm³/mol. The van der Waals surface area contributed by atoms with E-state index in [1.165, 1.54) is 44.1 Å². The first-order chi connectivity index (χ1) is 13.8. The molecule has 0 aromatic heterocycles. The Morgan fingerprint density at radius 1 is 1.07 bits per heavy atom. The van der Waals surface area contributed by atoms with Crippen molar-refractivity contribution in [3.63, 3.8) is 0 Å². The van der Waals surface area contributed by atoms with Crippen LogP contribution < -0.4 is 0 Å². The zero-order valence-corrected chi connectivity index (χ0v) is 18.9. The second kappa shape index (κ2) is 6.86. The Bertz CT molecular complexity index is 774. The molecule has 1 heterocycles. The van der Waals surface area contributed by atoms with Gasteiger partial charge in [0.15, 0.2) is 0 Å². The van der Waals surface area contributed by atoms with Gasteiger partial charge < -0.3 is 4.90 Å². The highest BCUT2D eigenvalue weighted by molar-refractivity contribution is 5.78. The quantitative estimate of drug-likeness (QED) is 0.607. The van der Waals surface area contributed by atoms with E-state index in [4.69, 9.17) is 0 Å². The molecule has 3 saturated carbocycles. The predicted octanol–water partition coefficient (Wildman–Crippen LogP) is 5.95. The van der Waals surface area contributed by atoms with Crippen LogP contribution in [-0.2, 0) is 11.2 Å². The molecule has 8 atom stereocenters. The van der Waals surface area contributed by atoms with Gasteiger partial charge >= 0.3 is 0 Å². The monoisotopic (exact) mass is 393 g/mol. The van der Waals surface area contributed by atoms with Crippen LogP contribution in [0.1, 0.15) is 71.3 Å². The lowest BCUT2D eigenvalue weighted by Crippen LogP contribution is -2.66. The molecule has 1 saturated heterocycles. The van der Waals surface area contributed by atoms with Crippen LogP contribution in [0.25, 0.3) is 0 Å². The van der Waals surface area contributed by atoms with E-state index in [1.807, 2.05) is 0 Å². The van der Waals surface area contributed by atoms with Gasteiger partial charge in [-0.3, -0.25) is 4.79 Å². The standard InChI is InChI=1S/C27H39NO/c1-18-15-23-27(3,22-12-14-26(2)13-8-11-21(26)25(18)22)20(17-24(29)28(23)4)16-19-9-6-5-7-10-19/h5-7,9-10,18,20-23,25H,8,11-17H2,1-4H3/t18?,20?,21-,22+,23?,25-,26-,27+/m0/s1. The number of hydrogen-bond donors (Lipinski definition) is 0. The Morgan fingerprint density at radius 2 is 1.83 bits per heavy atom. The molecule has 0 spiro atoms. The van der Waals surface area contributed by atoms with Gasteiger partial charge in [0.05, 0.1) is 0 Å². The average Bonchev–Trinajstić information content (AvgIpc) is 3.10. The smallest absolute Gasteiger partial charge is 0.222 e. The van der Waals surface area contributed by atoms with Crippen molar-refractivity contribution in [2.24, 2.45) is 40.4 Å². The molecule has 3 aliphatic carbocycles. The molecular formula is C27H39NO. The van der Waals surface area contributed by atoms with E-state index in [1.54, 1.807) is 0 Å². The third-order valence-corrected chi connectivity index (χ3v) is 10.4. The first-order valence-electron chi connectivity index (χ1n) is 12.1. The van der Waals surface area contributed by atoms with Crippen molar-refractivity contribution in [3.05, 3.63) is 35.9 Å². The van der Waals surface area contributed by atoms with Gasteiger partial charge in [-0.2, -0.15) is 0 Å². The molecule has 0 radical (unpaired) electrons. The van der Waals surface area contributed by atoms with Gasteiger partial charge in [-0.15, -0.1) is 0 Å². The van der Waals surface area contributed by atoms with Crippen LogP contribution in [0.2, 0.25) is 0 Å².